The molecule has 5 nitrogen and oxygen atoms in total. The second-order valence-corrected chi connectivity index (χ2v) is 6.85. The summed E-state index contributed by atoms with van der Waals surface area (Å²) in [5.74, 6) is 1.49. The van der Waals surface area contributed by atoms with Gasteiger partial charge in [-0.05, 0) is 56.0 Å². The van der Waals surface area contributed by atoms with Gasteiger partial charge in [0.2, 0.25) is 0 Å². The summed E-state index contributed by atoms with van der Waals surface area (Å²) >= 11 is 6.31. The molecule has 1 aromatic heterocycles. The van der Waals surface area contributed by atoms with E-state index < -0.39 is 0 Å². The summed E-state index contributed by atoms with van der Waals surface area (Å²) in [6, 6.07) is 8.73. The molecule has 0 saturated carbocycles. The Bertz CT molecular complexity index is 744. The van der Waals surface area contributed by atoms with Crippen molar-refractivity contribution in [1.29, 1.82) is 0 Å². The van der Waals surface area contributed by atoms with Gasteiger partial charge in [-0.15, -0.1) is 24.8 Å². The molecule has 0 aliphatic carbocycles. The highest BCUT2D eigenvalue weighted by atomic mass is 35.5. The summed E-state index contributed by atoms with van der Waals surface area (Å²) in [5.41, 5.74) is 6.57. The molecule has 148 valence electrons. The van der Waals surface area contributed by atoms with E-state index in [-0.39, 0.29) is 36.8 Å². The normalized spacial score (nSPS) is 17.3. The summed E-state index contributed by atoms with van der Waals surface area (Å²) in [7, 11) is 0. The van der Waals surface area contributed by atoms with E-state index in [4.69, 9.17) is 22.1 Å². The molecule has 2 atom stereocenters. The number of halogens is 3. The number of piperidine rings is 1. The number of hydrogen-bond acceptors (Lipinski definition) is 4. The fraction of sp³-hybridized carbons (Fsp3) is 0.368. The number of benzene rings is 1. The third-order valence-corrected chi connectivity index (χ3v) is 4.84. The SMILES string of the molecule is CC(N)C1CCCN(C(=O)c2ccc(Oc3ccncc3)c(Cl)c2)C1.Cl.Cl. The zero-order chi connectivity index (χ0) is 17.8. The topological polar surface area (TPSA) is 68.5 Å². The van der Waals surface area contributed by atoms with Crippen molar-refractivity contribution in [3.63, 3.8) is 0 Å². The highest BCUT2D eigenvalue weighted by molar-refractivity contribution is 6.32. The van der Waals surface area contributed by atoms with Gasteiger partial charge in [-0.1, -0.05) is 11.6 Å². The third-order valence-electron chi connectivity index (χ3n) is 4.55. The molecule has 3 rings (SSSR count). The molecular weight excluding hydrogens is 409 g/mol. The Kier molecular flexibility index (Phi) is 9.33. The van der Waals surface area contributed by atoms with E-state index >= 15 is 0 Å². The molecule has 0 bridgehead atoms. The second-order valence-electron chi connectivity index (χ2n) is 6.44. The van der Waals surface area contributed by atoms with E-state index in [9.17, 15) is 4.79 Å². The van der Waals surface area contributed by atoms with Crippen molar-refractivity contribution >= 4 is 42.3 Å². The van der Waals surface area contributed by atoms with Crippen molar-refractivity contribution in [3.05, 3.63) is 53.3 Å². The van der Waals surface area contributed by atoms with Crippen molar-refractivity contribution in [2.45, 2.75) is 25.8 Å². The number of hydrogen-bond donors (Lipinski definition) is 1. The van der Waals surface area contributed by atoms with Gasteiger partial charge in [0.05, 0.1) is 5.02 Å². The number of likely N-dealkylation sites (tertiary alicyclic amines) is 1. The average Bonchev–Trinajstić information content (AvgIpc) is 2.64. The number of ether oxygens (including phenoxy) is 1. The van der Waals surface area contributed by atoms with Crippen LogP contribution in [0.2, 0.25) is 5.02 Å². The van der Waals surface area contributed by atoms with Crippen molar-refractivity contribution in [1.82, 2.24) is 9.88 Å². The lowest BCUT2D eigenvalue weighted by Gasteiger charge is -2.34. The average molecular weight is 433 g/mol. The first-order valence-corrected chi connectivity index (χ1v) is 8.84. The van der Waals surface area contributed by atoms with Gasteiger partial charge in [0, 0.05) is 37.1 Å². The minimum absolute atomic E-state index is 0. The van der Waals surface area contributed by atoms with Crippen LogP contribution in [0.5, 0.6) is 11.5 Å². The van der Waals surface area contributed by atoms with E-state index in [0.717, 1.165) is 19.4 Å². The molecular formula is C19H24Cl3N3O2. The van der Waals surface area contributed by atoms with Crippen LogP contribution in [0, 0.1) is 5.92 Å². The van der Waals surface area contributed by atoms with E-state index in [1.807, 2.05) is 11.8 Å². The first-order chi connectivity index (χ1) is 12.0. The zero-order valence-electron chi connectivity index (χ0n) is 15.0. The number of nitrogens with two attached hydrogens (primary N) is 1. The molecule has 1 fully saturated rings. The number of rotatable bonds is 4. The molecule has 2 aromatic rings. The van der Waals surface area contributed by atoms with Crippen LogP contribution in [0.3, 0.4) is 0 Å². The van der Waals surface area contributed by atoms with Gasteiger partial charge in [-0.3, -0.25) is 9.78 Å². The van der Waals surface area contributed by atoms with Crippen LogP contribution in [0.25, 0.3) is 0 Å². The standard InChI is InChI=1S/C19H22ClN3O2.2ClH/c1-13(21)15-3-2-10-23(12-15)19(24)14-4-5-18(17(20)11-14)25-16-6-8-22-9-7-16;;/h4-9,11,13,15H,2-3,10,12,21H2,1H3;2*1H. The van der Waals surface area contributed by atoms with E-state index in [1.54, 1.807) is 42.7 Å². The summed E-state index contributed by atoms with van der Waals surface area (Å²) in [6.45, 7) is 3.46. The lowest BCUT2D eigenvalue weighted by molar-refractivity contribution is 0.0661. The number of amides is 1. The van der Waals surface area contributed by atoms with E-state index in [2.05, 4.69) is 4.98 Å². The second kappa shape index (κ2) is 10.7. The molecule has 27 heavy (non-hydrogen) atoms. The van der Waals surface area contributed by atoms with Gasteiger partial charge in [0.15, 0.2) is 0 Å². The molecule has 8 heteroatoms. The van der Waals surface area contributed by atoms with Gasteiger partial charge >= 0.3 is 0 Å². The number of nitrogens with zero attached hydrogens (tertiary/aromatic N) is 2. The monoisotopic (exact) mass is 431 g/mol. The summed E-state index contributed by atoms with van der Waals surface area (Å²) in [6.07, 6.45) is 5.34. The van der Waals surface area contributed by atoms with Crippen molar-refractivity contribution in [2.24, 2.45) is 11.7 Å². The molecule has 1 aliphatic rings. The Balaban J connectivity index is 0.00000182. The van der Waals surface area contributed by atoms with Crippen LogP contribution in [-0.2, 0) is 0 Å². The molecule has 1 saturated heterocycles. The number of carbonyl (C=O) groups is 1. The summed E-state index contributed by atoms with van der Waals surface area (Å²) < 4.78 is 5.72. The quantitative estimate of drug-likeness (QED) is 0.768. The van der Waals surface area contributed by atoms with Crippen LogP contribution in [0.15, 0.2) is 42.7 Å². The highest BCUT2D eigenvalue weighted by Gasteiger charge is 2.26. The Hall–Kier alpha value is -1.53. The van der Waals surface area contributed by atoms with Crippen molar-refractivity contribution in [3.8, 4) is 11.5 Å². The predicted molar refractivity (Wildman–Crippen MR) is 113 cm³/mol. The molecule has 0 spiro atoms. The maximum absolute atomic E-state index is 12.8. The van der Waals surface area contributed by atoms with E-state index in [0.29, 0.717) is 34.5 Å². The van der Waals surface area contributed by atoms with Crippen LogP contribution < -0.4 is 10.5 Å². The highest BCUT2D eigenvalue weighted by Crippen LogP contribution is 2.30. The summed E-state index contributed by atoms with van der Waals surface area (Å²) in [5, 5.41) is 0.406. The third kappa shape index (κ3) is 5.98. The molecule has 2 N–H and O–H groups in total. The Morgan fingerprint density at radius 2 is 2.00 bits per heavy atom. The molecule has 0 radical (unpaired) electrons. The fourth-order valence-electron chi connectivity index (χ4n) is 3.06. The lowest BCUT2D eigenvalue weighted by Crippen LogP contribution is -2.45. The Morgan fingerprint density at radius 1 is 1.30 bits per heavy atom. The molecule has 1 aliphatic heterocycles. The van der Waals surface area contributed by atoms with E-state index in [1.165, 1.54) is 0 Å². The smallest absolute Gasteiger partial charge is 0.253 e. The van der Waals surface area contributed by atoms with Crippen molar-refractivity contribution in [2.75, 3.05) is 13.1 Å². The number of carbonyl (C=O) groups excluding carboxylic acids is 1. The van der Waals surface area contributed by atoms with Crippen LogP contribution in [0.1, 0.15) is 30.1 Å². The zero-order valence-corrected chi connectivity index (χ0v) is 17.4. The first-order valence-electron chi connectivity index (χ1n) is 8.47. The maximum Gasteiger partial charge on any atom is 0.253 e. The summed E-state index contributed by atoms with van der Waals surface area (Å²) in [4.78, 5) is 18.6. The molecule has 1 aromatic carbocycles. The van der Waals surface area contributed by atoms with Gasteiger partial charge < -0.3 is 15.4 Å². The predicted octanol–water partition coefficient (Wildman–Crippen LogP) is 4.57. The Morgan fingerprint density at radius 3 is 2.63 bits per heavy atom. The largest absolute Gasteiger partial charge is 0.456 e. The van der Waals surface area contributed by atoms with Crippen LogP contribution >= 0.6 is 36.4 Å². The van der Waals surface area contributed by atoms with Gasteiger partial charge in [0.1, 0.15) is 11.5 Å². The van der Waals surface area contributed by atoms with Gasteiger partial charge in [-0.2, -0.15) is 0 Å². The van der Waals surface area contributed by atoms with Crippen molar-refractivity contribution < 1.29 is 9.53 Å². The fourth-order valence-corrected chi connectivity index (χ4v) is 3.28. The minimum atomic E-state index is -0.0114. The number of aromatic nitrogens is 1. The molecule has 2 heterocycles. The number of pyridine rings is 1. The minimum Gasteiger partial charge on any atom is -0.456 e. The molecule has 2 unspecified atom stereocenters. The Labute approximate surface area is 177 Å². The van der Waals surface area contributed by atoms with Crippen LogP contribution in [-0.4, -0.2) is 34.9 Å². The maximum atomic E-state index is 12.8. The van der Waals surface area contributed by atoms with Gasteiger partial charge in [0.25, 0.3) is 5.91 Å². The lowest BCUT2D eigenvalue weighted by atomic mass is 9.92. The van der Waals surface area contributed by atoms with Crippen LogP contribution in [0.4, 0.5) is 0 Å². The van der Waals surface area contributed by atoms with Gasteiger partial charge in [-0.25, -0.2) is 0 Å². The molecule has 1 amide bonds. The first kappa shape index (κ1) is 23.5.